The van der Waals surface area contributed by atoms with Crippen molar-refractivity contribution < 1.29 is 14.0 Å². The zero-order chi connectivity index (χ0) is 17.1. The zero-order valence-corrected chi connectivity index (χ0v) is 13.5. The zero-order valence-electron chi connectivity index (χ0n) is 13.5. The summed E-state index contributed by atoms with van der Waals surface area (Å²) in [6, 6.07) is 9.32. The summed E-state index contributed by atoms with van der Waals surface area (Å²) in [4.78, 5) is 32.1. The Morgan fingerprint density at radius 2 is 2.04 bits per heavy atom. The van der Waals surface area contributed by atoms with Crippen LogP contribution in [0.2, 0.25) is 0 Å². The van der Waals surface area contributed by atoms with Gasteiger partial charge in [0.2, 0.25) is 5.91 Å². The van der Waals surface area contributed by atoms with Gasteiger partial charge in [-0.2, -0.15) is 0 Å². The second-order valence-electron chi connectivity index (χ2n) is 5.89. The summed E-state index contributed by atoms with van der Waals surface area (Å²) in [5, 5.41) is 0. The molecule has 7 heteroatoms. The molecular formula is C17H20N4O3. The maximum absolute atomic E-state index is 12.6. The summed E-state index contributed by atoms with van der Waals surface area (Å²) in [5.41, 5.74) is 6.89. The smallest absolute Gasteiger partial charge is 0.276 e. The van der Waals surface area contributed by atoms with Crippen molar-refractivity contribution in [2.45, 2.75) is 19.5 Å². The van der Waals surface area contributed by atoms with E-state index in [0.717, 1.165) is 12.1 Å². The average Bonchev–Trinajstić information content (AvgIpc) is 3.01. The van der Waals surface area contributed by atoms with Crippen molar-refractivity contribution in [1.29, 1.82) is 0 Å². The van der Waals surface area contributed by atoms with Gasteiger partial charge in [0.05, 0.1) is 0 Å². The molecule has 1 aromatic heterocycles. The van der Waals surface area contributed by atoms with Gasteiger partial charge in [-0.1, -0.05) is 30.3 Å². The van der Waals surface area contributed by atoms with Crippen LogP contribution in [0.15, 0.2) is 41.0 Å². The minimum atomic E-state index is -0.674. The Kier molecular flexibility index (Phi) is 4.61. The Balaban J connectivity index is 1.72. The highest BCUT2D eigenvalue weighted by atomic mass is 16.3. The lowest BCUT2D eigenvalue weighted by molar-refractivity contribution is -0.124. The third-order valence-electron chi connectivity index (χ3n) is 4.14. The molecule has 1 atom stereocenters. The van der Waals surface area contributed by atoms with Gasteiger partial charge >= 0.3 is 0 Å². The lowest BCUT2D eigenvalue weighted by atomic mass is 10.1. The Bertz CT molecular complexity index is 728. The summed E-state index contributed by atoms with van der Waals surface area (Å²) >= 11 is 0. The van der Waals surface area contributed by atoms with E-state index in [1.165, 1.54) is 11.2 Å². The number of rotatable bonds is 4. The van der Waals surface area contributed by atoms with Crippen molar-refractivity contribution in [3.63, 3.8) is 0 Å². The van der Waals surface area contributed by atoms with Crippen LogP contribution in [-0.2, 0) is 11.3 Å². The van der Waals surface area contributed by atoms with Crippen LogP contribution in [0.25, 0.3) is 0 Å². The minimum absolute atomic E-state index is 0.204. The molecule has 2 aromatic rings. The van der Waals surface area contributed by atoms with Gasteiger partial charge in [-0.25, -0.2) is 4.98 Å². The van der Waals surface area contributed by atoms with Gasteiger partial charge in [-0.15, -0.1) is 0 Å². The summed E-state index contributed by atoms with van der Waals surface area (Å²) in [7, 11) is 0. The van der Waals surface area contributed by atoms with Crippen molar-refractivity contribution in [1.82, 2.24) is 14.8 Å². The maximum atomic E-state index is 12.6. The Labute approximate surface area is 140 Å². The second-order valence-corrected chi connectivity index (χ2v) is 5.89. The number of hydrogen-bond acceptors (Lipinski definition) is 5. The molecule has 0 radical (unpaired) electrons. The first-order chi connectivity index (χ1) is 11.5. The van der Waals surface area contributed by atoms with Crippen molar-refractivity contribution in [3.8, 4) is 0 Å². The van der Waals surface area contributed by atoms with Crippen molar-refractivity contribution >= 4 is 11.8 Å². The number of carbonyl (C=O) groups is 2. The number of carbonyl (C=O) groups excluding carboxylic acids is 2. The largest absolute Gasteiger partial charge is 0.448 e. The molecule has 0 spiro atoms. The molecule has 1 fully saturated rings. The minimum Gasteiger partial charge on any atom is -0.448 e. The van der Waals surface area contributed by atoms with Crippen LogP contribution >= 0.6 is 0 Å². The summed E-state index contributed by atoms with van der Waals surface area (Å²) < 4.78 is 5.09. The predicted molar refractivity (Wildman–Crippen MR) is 87.0 cm³/mol. The van der Waals surface area contributed by atoms with Gasteiger partial charge in [0.1, 0.15) is 12.3 Å². The standard InChI is InChI=1S/C17H20N4O3/c1-12-19-14(11-24-12)17(23)21-8-7-20(10-15(21)16(18)22)9-13-5-3-2-4-6-13/h2-6,11,15H,7-10H2,1H3,(H2,18,22)/t15-/m1/s1. The number of nitrogens with zero attached hydrogens (tertiary/aromatic N) is 3. The first-order valence-corrected chi connectivity index (χ1v) is 7.83. The molecule has 126 valence electrons. The van der Waals surface area contributed by atoms with Crippen LogP contribution in [0.4, 0.5) is 0 Å². The van der Waals surface area contributed by atoms with Gasteiger partial charge in [0.15, 0.2) is 11.6 Å². The van der Waals surface area contributed by atoms with E-state index in [4.69, 9.17) is 10.2 Å². The fraction of sp³-hybridized carbons (Fsp3) is 0.353. The van der Waals surface area contributed by atoms with E-state index in [1.807, 2.05) is 30.3 Å². The molecule has 0 unspecified atom stereocenters. The summed E-state index contributed by atoms with van der Waals surface area (Å²) in [6.07, 6.45) is 1.31. The number of oxazole rings is 1. The van der Waals surface area contributed by atoms with Crippen LogP contribution in [-0.4, -0.2) is 52.3 Å². The fourth-order valence-corrected chi connectivity index (χ4v) is 2.92. The quantitative estimate of drug-likeness (QED) is 0.896. The van der Waals surface area contributed by atoms with E-state index in [2.05, 4.69) is 9.88 Å². The van der Waals surface area contributed by atoms with Crippen LogP contribution in [0, 0.1) is 6.92 Å². The van der Waals surface area contributed by atoms with Crippen LogP contribution in [0.5, 0.6) is 0 Å². The van der Waals surface area contributed by atoms with Crippen LogP contribution < -0.4 is 5.73 Å². The van der Waals surface area contributed by atoms with Gasteiger partial charge in [-0.3, -0.25) is 14.5 Å². The molecule has 2 N–H and O–H groups in total. The monoisotopic (exact) mass is 328 g/mol. The SMILES string of the molecule is Cc1nc(C(=O)N2CCN(Cc3ccccc3)C[C@@H]2C(N)=O)co1. The summed E-state index contributed by atoms with van der Waals surface area (Å²) in [5.74, 6) is -0.423. The molecule has 2 amide bonds. The number of amides is 2. The second kappa shape index (κ2) is 6.84. The van der Waals surface area contributed by atoms with Crippen molar-refractivity contribution in [3.05, 3.63) is 53.7 Å². The Hall–Kier alpha value is -2.67. The third kappa shape index (κ3) is 3.46. The molecule has 3 rings (SSSR count). The molecule has 1 aliphatic heterocycles. The summed E-state index contributed by atoms with van der Waals surface area (Å²) in [6.45, 7) is 3.88. The van der Waals surface area contributed by atoms with E-state index < -0.39 is 11.9 Å². The molecule has 0 aliphatic carbocycles. The molecule has 1 aliphatic rings. The molecular weight excluding hydrogens is 308 g/mol. The van der Waals surface area contributed by atoms with Crippen molar-refractivity contribution in [2.75, 3.05) is 19.6 Å². The predicted octanol–water partition coefficient (Wildman–Crippen LogP) is 0.795. The number of piperazine rings is 1. The Morgan fingerprint density at radius 3 is 2.67 bits per heavy atom. The number of nitrogens with two attached hydrogens (primary N) is 1. The lowest BCUT2D eigenvalue weighted by Crippen LogP contribution is -2.59. The van der Waals surface area contributed by atoms with E-state index in [-0.39, 0.29) is 11.6 Å². The highest BCUT2D eigenvalue weighted by molar-refractivity contribution is 5.95. The van der Waals surface area contributed by atoms with Crippen molar-refractivity contribution in [2.24, 2.45) is 5.73 Å². The maximum Gasteiger partial charge on any atom is 0.276 e. The molecule has 24 heavy (non-hydrogen) atoms. The van der Waals surface area contributed by atoms with Crippen LogP contribution in [0.3, 0.4) is 0 Å². The van der Waals surface area contributed by atoms with Gasteiger partial charge in [-0.05, 0) is 5.56 Å². The molecule has 1 aromatic carbocycles. The molecule has 0 bridgehead atoms. The number of primary amides is 1. The topological polar surface area (TPSA) is 92.7 Å². The number of aryl methyl sites for hydroxylation is 1. The third-order valence-corrected chi connectivity index (χ3v) is 4.14. The van der Waals surface area contributed by atoms with Gasteiger partial charge in [0.25, 0.3) is 5.91 Å². The highest BCUT2D eigenvalue weighted by Gasteiger charge is 2.35. The molecule has 2 heterocycles. The highest BCUT2D eigenvalue weighted by Crippen LogP contribution is 2.16. The van der Waals surface area contributed by atoms with E-state index >= 15 is 0 Å². The number of aromatic nitrogens is 1. The number of hydrogen-bond donors (Lipinski definition) is 1. The average molecular weight is 328 g/mol. The molecule has 7 nitrogen and oxygen atoms in total. The normalized spacial score (nSPS) is 18.5. The first-order valence-electron chi connectivity index (χ1n) is 7.83. The molecule has 1 saturated heterocycles. The first kappa shape index (κ1) is 16.2. The van der Waals surface area contributed by atoms with Gasteiger partial charge < -0.3 is 15.1 Å². The fourth-order valence-electron chi connectivity index (χ4n) is 2.92. The van der Waals surface area contributed by atoms with E-state index in [9.17, 15) is 9.59 Å². The van der Waals surface area contributed by atoms with E-state index in [1.54, 1.807) is 6.92 Å². The molecule has 0 saturated carbocycles. The lowest BCUT2D eigenvalue weighted by Gasteiger charge is -2.39. The Morgan fingerprint density at radius 1 is 1.29 bits per heavy atom. The van der Waals surface area contributed by atoms with Gasteiger partial charge in [0, 0.05) is 33.1 Å². The van der Waals surface area contributed by atoms with E-state index in [0.29, 0.717) is 25.5 Å². The number of benzene rings is 1. The van der Waals surface area contributed by atoms with Crippen LogP contribution in [0.1, 0.15) is 21.9 Å².